The Morgan fingerprint density at radius 2 is 1.74 bits per heavy atom. The number of aromatic nitrogens is 1. The molecule has 12 heteroatoms. The second-order valence-corrected chi connectivity index (χ2v) is 10.9. The zero-order valence-electron chi connectivity index (χ0n) is 23.6. The van der Waals surface area contributed by atoms with Crippen LogP contribution in [0.1, 0.15) is 44.9 Å². The Morgan fingerprint density at radius 1 is 1.00 bits per heavy atom. The highest BCUT2D eigenvalue weighted by molar-refractivity contribution is 6.05. The third-order valence-corrected chi connectivity index (χ3v) is 7.78. The summed E-state index contributed by atoms with van der Waals surface area (Å²) in [6.07, 6.45) is -2.57. The molecule has 2 fully saturated rings. The van der Waals surface area contributed by atoms with E-state index in [1.165, 1.54) is 6.07 Å². The van der Waals surface area contributed by atoms with E-state index in [1.807, 2.05) is 6.92 Å². The largest absolute Gasteiger partial charge is 0.416 e. The van der Waals surface area contributed by atoms with Gasteiger partial charge in [-0.15, -0.1) is 0 Å². The molecule has 3 aromatic rings. The summed E-state index contributed by atoms with van der Waals surface area (Å²) >= 11 is 0. The number of nitrogens with zero attached hydrogens (tertiary/aromatic N) is 3. The van der Waals surface area contributed by atoms with Gasteiger partial charge in [-0.1, -0.05) is 11.2 Å². The first-order valence-electron chi connectivity index (χ1n) is 14.0. The first kappa shape index (κ1) is 29.6. The van der Waals surface area contributed by atoms with Gasteiger partial charge in [-0.3, -0.25) is 9.59 Å². The van der Waals surface area contributed by atoms with Crippen molar-refractivity contribution < 1.29 is 32.0 Å². The minimum absolute atomic E-state index is 0.0753. The van der Waals surface area contributed by atoms with Gasteiger partial charge >= 0.3 is 6.18 Å². The van der Waals surface area contributed by atoms with E-state index in [1.54, 1.807) is 29.2 Å². The van der Waals surface area contributed by atoms with E-state index >= 15 is 0 Å². The fourth-order valence-electron chi connectivity index (χ4n) is 5.19. The molecule has 0 unspecified atom stereocenters. The molecule has 1 aromatic heterocycles. The van der Waals surface area contributed by atoms with Crippen molar-refractivity contribution in [3.63, 3.8) is 0 Å². The molecule has 9 nitrogen and oxygen atoms in total. The van der Waals surface area contributed by atoms with Crippen molar-refractivity contribution in [2.24, 2.45) is 5.92 Å². The lowest BCUT2D eigenvalue weighted by Crippen LogP contribution is -2.36. The second kappa shape index (κ2) is 12.5. The molecule has 2 amide bonds. The number of amides is 2. The van der Waals surface area contributed by atoms with Gasteiger partial charge in [0.15, 0.2) is 0 Å². The van der Waals surface area contributed by atoms with Crippen LogP contribution in [-0.2, 0) is 10.9 Å². The van der Waals surface area contributed by atoms with Crippen LogP contribution in [0.4, 0.5) is 24.5 Å². The van der Waals surface area contributed by atoms with Crippen molar-refractivity contribution in [3.8, 4) is 11.3 Å². The van der Waals surface area contributed by atoms with Crippen molar-refractivity contribution in [3.05, 3.63) is 64.9 Å². The van der Waals surface area contributed by atoms with Crippen LogP contribution in [0.3, 0.4) is 0 Å². The zero-order valence-corrected chi connectivity index (χ0v) is 23.6. The highest BCUT2D eigenvalue weighted by Gasteiger charge is 2.32. The van der Waals surface area contributed by atoms with Crippen molar-refractivity contribution in [1.29, 1.82) is 0 Å². The van der Waals surface area contributed by atoms with Crippen molar-refractivity contribution in [2.45, 2.75) is 25.9 Å². The van der Waals surface area contributed by atoms with Crippen LogP contribution in [0.5, 0.6) is 0 Å². The smallest absolute Gasteiger partial charge is 0.378 e. The first-order chi connectivity index (χ1) is 20.1. The molecule has 0 atom stereocenters. The van der Waals surface area contributed by atoms with Crippen LogP contribution >= 0.6 is 0 Å². The number of ether oxygens (including phenoxy) is 1. The van der Waals surface area contributed by atoms with Gasteiger partial charge in [-0.25, -0.2) is 0 Å². The molecule has 224 valence electrons. The number of morpholine rings is 1. The van der Waals surface area contributed by atoms with Crippen molar-refractivity contribution in [1.82, 2.24) is 15.4 Å². The number of likely N-dealkylation sites (tertiary alicyclic amines) is 1. The second-order valence-electron chi connectivity index (χ2n) is 10.9. The molecule has 0 bridgehead atoms. The molecule has 3 heterocycles. The average molecular weight is 586 g/mol. The summed E-state index contributed by atoms with van der Waals surface area (Å²) in [6, 6.07) is 9.97. The third kappa shape index (κ3) is 7.11. The maximum atomic E-state index is 13.7. The summed E-state index contributed by atoms with van der Waals surface area (Å²) < 4.78 is 51.7. The molecule has 0 aliphatic carbocycles. The summed E-state index contributed by atoms with van der Waals surface area (Å²) in [6.45, 7) is 6.06. The molecule has 5 rings (SSSR count). The number of anilines is 2. The number of rotatable bonds is 7. The summed E-state index contributed by atoms with van der Waals surface area (Å²) in [4.78, 5) is 29.9. The number of aryl methyl sites for hydroxylation is 1. The summed E-state index contributed by atoms with van der Waals surface area (Å²) in [7, 11) is 2.08. The molecule has 0 radical (unpaired) electrons. The van der Waals surface area contributed by atoms with E-state index in [0.29, 0.717) is 61.4 Å². The predicted molar refractivity (Wildman–Crippen MR) is 152 cm³/mol. The SMILES string of the molecule is Cc1ccc(NC(=O)c2cc(N3CCOCC3)cc(C(F)(F)F)c2)cc1-c1cc(C(=O)NCC2CCN(C)CC2)on1. The van der Waals surface area contributed by atoms with Gasteiger partial charge in [-0.05, 0) is 81.7 Å². The first-order valence-corrected chi connectivity index (χ1v) is 14.0. The fourth-order valence-corrected chi connectivity index (χ4v) is 5.19. The Morgan fingerprint density at radius 3 is 2.45 bits per heavy atom. The minimum atomic E-state index is -4.61. The van der Waals surface area contributed by atoms with Gasteiger partial charge in [0, 0.05) is 48.2 Å². The van der Waals surface area contributed by atoms with Gasteiger partial charge in [0.1, 0.15) is 5.69 Å². The van der Waals surface area contributed by atoms with Gasteiger partial charge in [0.25, 0.3) is 11.8 Å². The Bertz CT molecular complexity index is 1430. The zero-order chi connectivity index (χ0) is 29.9. The maximum absolute atomic E-state index is 13.7. The monoisotopic (exact) mass is 585 g/mol. The van der Waals surface area contributed by atoms with Crippen LogP contribution in [0, 0.1) is 12.8 Å². The van der Waals surface area contributed by atoms with E-state index < -0.39 is 17.6 Å². The number of hydrogen-bond donors (Lipinski definition) is 2. The lowest BCUT2D eigenvalue weighted by molar-refractivity contribution is -0.137. The summed E-state index contributed by atoms with van der Waals surface area (Å²) in [5, 5.41) is 9.68. The summed E-state index contributed by atoms with van der Waals surface area (Å²) in [5.74, 6) is -0.543. The quantitative estimate of drug-likeness (QED) is 0.410. The van der Waals surface area contributed by atoms with Crippen LogP contribution in [0.25, 0.3) is 11.3 Å². The number of alkyl halides is 3. The average Bonchev–Trinajstić information content (AvgIpc) is 3.48. The molecule has 2 aromatic carbocycles. The van der Waals surface area contributed by atoms with Crippen LogP contribution in [0.2, 0.25) is 0 Å². The van der Waals surface area contributed by atoms with E-state index in [0.717, 1.165) is 43.6 Å². The van der Waals surface area contributed by atoms with Gasteiger partial charge in [0.2, 0.25) is 5.76 Å². The molecule has 2 N–H and O–H groups in total. The molecule has 2 aliphatic heterocycles. The Hall–Kier alpha value is -3.90. The molecule has 2 saturated heterocycles. The molecule has 0 spiro atoms. The number of halogens is 3. The van der Waals surface area contributed by atoms with Crippen molar-refractivity contribution >= 4 is 23.2 Å². The molecule has 2 aliphatic rings. The summed E-state index contributed by atoms with van der Waals surface area (Å²) in [5.41, 5.74) is 1.50. The van der Waals surface area contributed by atoms with E-state index in [2.05, 4.69) is 27.7 Å². The molecular weight excluding hydrogens is 551 g/mol. The third-order valence-electron chi connectivity index (χ3n) is 7.78. The standard InChI is InChI=1S/C30H34F3N5O4/c1-19-3-4-23(16-25(19)26-17-27(42-36-26)29(40)34-18-20-5-7-37(2)8-6-20)35-28(39)21-13-22(30(31,32)33)15-24(14-21)38-9-11-41-12-10-38/h3-4,13-17,20H,5-12,18H2,1-2H3,(H,34,40)(H,35,39). The van der Waals surface area contributed by atoms with Gasteiger partial charge in [-0.2, -0.15) is 13.2 Å². The highest BCUT2D eigenvalue weighted by atomic mass is 19.4. The lowest BCUT2D eigenvalue weighted by Gasteiger charge is -2.29. The highest BCUT2D eigenvalue weighted by Crippen LogP contribution is 2.34. The Labute approximate surface area is 242 Å². The van der Waals surface area contributed by atoms with E-state index in [-0.39, 0.29) is 17.2 Å². The van der Waals surface area contributed by atoms with Gasteiger partial charge in [0.05, 0.1) is 18.8 Å². The van der Waals surface area contributed by atoms with Crippen molar-refractivity contribution in [2.75, 3.05) is 63.2 Å². The normalized spacial score (nSPS) is 16.8. The van der Waals surface area contributed by atoms with Crippen LogP contribution < -0.4 is 15.5 Å². The van der Waals surface area contributed by atoms with E-state index in [4.69, 9.17) is 9.26 Å². The number of benzene rings is 2. The number of piperidine rings is 1. The number of carbonyl (C=O) groups is 2. The number of nitrogens with one attached hydrogen (secondary N) is 2. The minimum Gasteiger partial charge on any atom is -0.378 e. The predicted octanol–water partition coefficient (Wildman–Crippen LogP) is 4.83. The fraction of sp³-hybridized carbons (Fsp3) is 0.433. The van der Waals surface area contributed by atoms with E-state index in [9.17, 15) is 22.8 Å². The molecular formula is C30H34F3N5O4. The molecule has 0 saturated carbocycles. The Kier molecular flexibility index (Phi) is 8.83. The molecule has 42 heavy (non-hydrogen) atoms. The topological polar surface area (TPSA) is 99.9 Å². The van der Waals surface area contributed by atoms with Gasteiger partial charge < -0.3 is 29.7 Å². The van der Waals surface area contributed by atoms with Crippen LogP contribution in [0.15, 0.2) is 47.0 Å². The Balaban J connectivity index is 1.30. The number of carbonyl (C=O) groups excluding carboxylic acids is 2. The number of hydrogen-bond acceptors (Lipinski definition) is 7. The van der Waals surface area contributed by atoms with Crippen LogP contribution in [-0.4, -0.2) is 74.9 Å². The maximum Gasteiger partial charge on any atom is 0.416 e. The lowest BCUT2D eigenvalue weighted by atomic mass is 9.97.